The van der Waals surface area contributed by atoms with Gasteiger partial charge in [-0.05, 0) is 37.1 Å². The van der Waals surface area contributed by atoms with Gasteiger partial charge in [0.2, 0.25) is 0 Å². The van der Waals surface area contributed by atoms with E-state index in [-0.39, 0.29) is 11.3 Å². The van der Waals surface area contributed by atoms with Crippen LogP contribution in [0.25, 0.3) is 0 Å². The van der Waals surface area contributed by atoms with E-state index in [1.165, 1.54) is 26.0 Å². The van der Waals surface area contributed by atoms with Crippen LogP contribution < -0.4 is 4.74 Å². The lowest BCUT2D eigenvalue weighted by Crippen LogP contribution is -2.17. The second kappa shape index (κ2) is 4.08. The highest BCUT2D eigenvalue weighted by Crippen LogP contribution is 2.28. The molecule has 0 aliphatic rings. The van der Waals surface area contributed by atoms with Crippen LogP contribution in [0.4, 0.5) is 17.6 Å². The minimum atomic E-state index is -4.71. The van der Waals surface area contributed by atoms with Crippen LogP contribution in [0.1, 0.15) is 24.2 Å². The predicted octanol–water partition coefficient (Wildman–Crippen LogP) is 3.92. The summed E-state index contributed by atoms with van der Waals surface area (Å²) < 4.78 is 52.2. The van der Waals surface area contributed by atoms with Crippen LogP contribution >= 0.6 is 0 Å². The number of halogens is 4. The number of aryl methyl sites for hydroxylation is 1. The smallest absolute Gasteiger partial charge is 0.406 e. The second-order valence-corrected chi connectivity index (χ2v) is 3.19. The van der Waals surface area contributed by atoms with Gasteiger partial charge in [0.25, 0.3) is 0 Å². The van der Waals surface area contributed by atoms with Gasteiger partial charge in [-0.15, -0.1) is 13.2 Å². The van der Waals surface area contributed by atoms with Crippen molar-refractivity contribution < 1.29 is 22.3 Å². The van der Waals surface area contributed by atoms with Crippen molar-refractivity contribution in [2.45, 2.75) is 26.4 Å². The Labute approximate surface area is 84.7 Å². The third-order valence-corrected chi connectivity index (χ3v) is 1.88. The van der Waals surface area contributed by atoms with Gasteiger partial charge in [0, 0.05) is 0 Å². The molecule has 0 saturated heterocycles. The van der Waals surface area contributed by atoms with Crippen molar-refractivity contribution >= 4 is 0 Å². The van der Waals surface area contributed by atoms with Gasteiger partial charge in [-0.25, -0.2) is 4.39 Å². The molecular weight excluding hydrogens is 212 g/mol. The number of rotatable bonds is 2. The fourth-order valence-electron chi connectivity index (χ4n) is 1.16. The molecule has 0 aliphatic heterocycles. The maximum atomic E-state index is 12.8. The lowest BCUT2D eigenvalue weighted by molar-refractivity contribution is -0.274. The van der Waals surface area contributed by atoms with Crippen LogP contribution in [0.3, 0.4) is 0 Å². The van der Waals surface area contributed by atoms with Gasteiger partial charge >= 0.3 is 6.36 Å². The Bertz CT molecular complexity index is 344. The fraction of sp³-hybridized carbons (Fsp3) is 0.400. The Morgan fingerprint density at radius 3 is 2.27 bits per heavy atom. The first-order chi connectivity index (χ1) is 6.79. The van der Waals surface area contributed by atoms with E-state index in [0.29, 0.717) is 5.56 Å². The first kappa shape index (κ1) is 11.8. The van der Waals surface area contributed by atoms with E-state index in [4.69, 9.17) is 0 Å². The zero-order valence-corrected chi connectivity index (χ0v) is 8.23. The summed E-state index contributed by atoms with van der Waals surface area (Å²) in [5.41, 5.74) is 0.594. The Kier molecular flexibility index (Phi) is 3.21. The van der Waals surface area contributed by atoms with Crippen LogP contribution in [-0.2, 0) is 0 Å². The molecule has 0 spiro atoms. The SMILES string of the molecule is Cc1cc(C(C)F)ccc1OC(F)(F)F. The van der Waals surface area contributed by atoms with E-state index in [1.54, 1.807) is 0 Å². The van der Waals surface area contributed by atoms with E-state index in [1.807, 2.05) is 0 Å². The van der Waals surface area contributed by atoms with Gasteiger partial charge in [0.1, 0.15) is 11.9 Å². The van der Waals surface area contributed by atoms with Crippen molar-refractivity contribution in [3.8, 4) is 5.75 Å². The normalized spacial score (nSPS) is 13.7. The summed E-state index contributed by atoms with van der Waals surface area (Å²) in [5.74, 6) is -0.299. The summed E-state index contributed by atoms with van der Waals surface area (Å²) in [6.45, 7) is 2.76. The van der Waals surface area contributed by atoms with Gasteiger partial charge in [-0.2, -0.15) is 0 Å². The lowest BCUT2D eigenvalue weighted by atomic mass is 10.1. The van der Waals surface area contributed by atoms with Gasteiger partial charge in [0.05, 0.1) is 0 Å². The number of benzene rings is 1. The number of ether oxygens (including phenoxy) is 1. The molecule has 0 heterocycles. The molecule has 1 unspecified atom stereocenters. The molecule has 15 heavy (non-hydrogen) atoms. The van der Waals surface area contributed by atoms with Gasteiger partial charge in [-0.1, -0.05) is 6.07 Å². The minimum Gasteiger partial charge on any atom is -0.406 e. The molecule has 1 nitrogen and oxygen atoms in total. The average molecular weight is 222 g/mol. The van der Waals surface area contributed by atoms with Crippen LogP contribution in [0, 0.1) is 6.92 Å². The molecular formula is C10H10F4O. The molecule has 0 bridgehead atoms. The topological polar surface area (TPSA) is 9.23 Å². The maximum absolute atomic E-state index is 12.8. The summed E-state index contributed by atoms with van der Waals surface area (Å²) in [7, 11) is 0. The standard InChI is InChI=1S/C10H10F4O/c1-6-5-8(7(2)11)3-4-9(6)15-10(12,13)14/h3-5,7H,1-2H3. The molecule has 0 amide bonds. The fourth-order valence-corrected chi connectivity index (χ4v) is 1.16. The number of hydrogen-bond acceptors (Lipinski definition) is 1. The Morgan fingerprint density at radius 1 is 1.27 bits per heavy atom. The molecule has 1 aromatic carbocycles. The zero-order valence-electron chi connectivity index (χ0n) is 8.23. The lowest BCUT2D eigenvalue weighted by Gasteiger charge is -2.12. The van der Waals surface area contributed by atoms with E-state index < -0.39 is 12.5 Å². The molecule has 0 saturated carbocycles. The third kappa shape index (κ3) is 3.42. The molecule has 0 N–H and O–H groups in total. The number of alkyl halides is 4. The second-order valence-electron chi connectivity index (χ2n) is 3.19. The average Bonchev–Trinajstić information content (AvgIpc) is 2.05. The van der Waals surface area contributed by atoms with Crippen molar-refractivity contribution in [2.75, 3.05) is 0 Å². The van der Waals surface area contributed by atoms with Crippen LogP contribution in [0.15, 0.2) is 18.2 Å². The van der Waals surface area contributed by atoms with E-state index in [9.17, 15) is 17.6 Å². The van der Waals surface area contributed by atoms with E-state index in [0.717, 1.165) is 6.07 Å². The molecule has 1 rings (SSSR count). The third-order valence-electron chi connectivity index (χ3n) is 1.88. The molecule has 1 atom stereocenters. The highest BCUT2D eigenvalue weighted by atomic mass is 19.4. The Morgan fingerprint density at radius 2 is 1.87 bits per heavy atom. The molecule has 1 aromatic rings. The summed E-state index contributed by atoms with van der Waals surface area (Å²) in [6, 6.07) is 3.73. The van der Waals surface area contributed by atoms with Gasteiger partial charge in [-0.3, -0.25) is 0 Å². The minimum absolute atomic E-state index is 0.259. The summed E-state index contributed by atoms with van der Waals surface area (Å²) in [5, 5.41) is 0. The van der Waals surface area contributed by atoms with Crippen LogP contribution in [-0.4, -0.2) is 6.36 Å². The monoisotopic (exact) mass is 222 g/mol. The van der Waals surface area contributed by atoms with Crippen molar-refractivity contribution in [1.29, 1.82) is 0 Å². The largest absolute Gasteiger partial charge is 0.573 e. The first-order valence-corrected chi connectivity index (χ1v) is 4.30. The van der Waals surface area contributed by atoms with Gasteiger partial charge < -0.3 is 4.74 Å². The molecule has 0 aromatic heterocycles. The predicted molar refractivity (Wildman–Crippen MR) is 47.4 cm³/mol. The Balaban J connectivity index is 2.94. The molecule has 0 aliphatic carbocycles. The van der Waals surface area contributed by atoms with Crippen molar-refractivity contribution in [3.05, 3.63) is 29.3 Å². The quantitative estimate of drug-likeness (QED) is 0.689. The van der Waals surface area contributed by atoms with Gasteiger partial charge in [0.15, 0.2) is 0 Å². The highest BCUT2D eigenvalue weighted by Gasteiger charge is 2.31. The summed E-state index contributed by atoms with van der Waals surface area (Å²) in [4.78, 5) is 0. The highest BCUT2D eigenvalue weighted by molar-refractivity contribution is 5.37. The molecule has 0 radical (unpaired) electrons. The van der Waals surface area contributed by atoms with E-state index in [2.05, 4.69) is 4.74 Å². The van der Waals surface area contributed by atoms with E-state index >= 15 is 0 Å². The maximum Gasteiger partial charge on any atom is 0.573 e. The first-order valence-electron chi connectivity index (χ1n) is 4.30. The van der Waals surface area contributed by atoms with Crippen LogP contribution in [0.5, 0.6) is 5.75 Å². The Hall–Kier alpha value is -1.26. The zero-order chi connectivity index (χ0) is 11.6. The van der Waals surface area contributed by atoms with Crippen LogP contribution in [0.2, 0.25) is 0 Å². The molecule has 84 valence electrons. The molecule has 0 fully saturated rings. The van der Waals surface area contributed by atoms with Crippen molar-refractivity contribution in [2.24, 2.45) is 0 Å². The number of hydrogen-bond donors (Lipinski definition) is 0. The summed E-state index contributed by atoms with van der Waals surface area (Å²) >= 11 is 0. The summed E-state index contributed by atoms with van der Waals surface area (Å²) in [6.07, 6.45) is -5.92. The molecule has 5 heteroatoms. The van der Waals surface area contributed by atoms with Crippen molar-refractivity contribution in [3.63, 3.8) is 0 Å². The van der Waals surface area contributed by atoms with Crippen molar-refractivity contribution in [1.82, 2.24) is 0 Å².